The lowest BCUT2D eigenvalue weighted by Gasteiger charge is -2.11. The minimum Gasteiger partial charge on any atom is -0.507 e. The predicted molar refractivity (Wildman–Crippen MR) is 82.7 cm³/mol. The van der Waals surface area contributed by atoms with Gasteiger partial charge in [0.05, 0.1) is 11.3 Å². The summed E-state index contributed by atoms with van der Waals surface area (Å²) in [4.78, 5) is 12.2. The summed E-state index contributed by atoms with van der Waals surface area (Å²) in [6.45, 7) is 0. The Balaban J connectivity index is 2.37. The second kappa shape index (κ2) is 6.27. The minimum absolute atomic E-state index is 0.128. The second-order valence-electron chi connectivity index (χ2n) is 4.15. The highest BCUT2D eigenvalue weighted by Gasteiger charge is 2.14. The van der Waals surface area contributed by atoms with E-state index in [1.54, 1.807) is 30.3 Å². The summed E-state index contributed by atoms with van der Waals surface area (Å²) < 4.78 is 0.713. The Morgan fingerprint density at radius 3 is 2.57 bits per heavy atom. The summed E-state index contributed by atoms with van der Waals surface area (Å²) in [5.74, 6) is -0.761. The van der Waals surface area contributed by atoms with Gasteiger partial charge in [-0.25, -0.2) is 0 Å². The largest absolute Gasteiger partial charge is 0.507 e. The number of nitrogens with one attached hydrogen (secondary N) is 1. The van der Waals surface area contributed by atoms with E-state index in [-0.39, 0.29) is 17.1 Å². The van der Waals surface area contributed by atoms with Gasteiger partial charge in [-0.05, 0) is 30.3 Å². The molecule has 2 rings (SSSR count). The highest BCUT2D eigenvalue weighted by molar-refractivity contribution is 9.10. The van der Waals surface area contributed by atoms with Crippen molar-refractivity contribution in [3.05, 3.63) is 58.1 Å². The molecule has 0 aliphatic heterocycles. The average Bonchev–Trinajstić information content (AvgIpc) is 2.47. The molecule has 0 aliphatic rings. The number of amides is 1. The first kappa shape index (κ1) is 14.9. The summed E-state index contributed by atoms with van der Waals surface area (Å²) in [6, 6.07) is 11.1. The Kier molecular flexibility index (Phi) is 4.44. The SMILES string of the molecule is N/C(=N/O)c1ccc(Br)cc1NC(=O)c1ccccc1O. The third-order valence-electron chi connectivity index (χ3n) is 2.76. The molecule has 0 aliphatic carbocycles. The van der Waals surface area contributed by atoms with Crippen LogP contribution in [-0.4, -0.2) is 22.1 Å². The van der Waals surface area contributed by atoms with Crippen LogP contribution in [0, 0.1) is 0 Å². The smallest absolute Gasteiger partial charge is 0.259 e. The number of anilines is 1. The third kappa shape index (κ3) is 3.32. The molecular formula is C14H12BrN3O3. The van der Waals surface area contributed by atoms with Crippen LogP contribution in [0.3, 0.4) is 0 Å². The van der Waals surface area contributed by atoms with Crippen molar-refractivity contribution in [3.63, 3.8) is 0 Å². The van der Waals surface area contributed by atoms with E-state index in [9.17, 15) is 9.90 Å². The molecule has 21 heavy (non-hydrogen) atoms. The molecule has 0 saturated carbocycles. The Morgan fingerprint density at radius 1 is 1.19 bits per heavy atom. The molecule has 0 fully saturated rings. The van der Waals surface area contributed by atoms with Gasteiger partial charge in [-0.2, -0.15) is 0 Å². The Labute approximate surface area is 129 Å². The topological polar surface area (TPSA) is 108 Å². The number of aromatic hydroxyl groups is 1. The fourth-order valence-electron chi connectivity index (χ4n) is 1.75. The first-order chi connectivity index (χ1) is 10.0. The molecule has 5 N–H and O–H groups in total. The molecule has 0 bridgehead atoms. The lowest BCUT2D eigenvalue weighted by molar-refractivity contribution is 0.102. The van der Waals surface area contributed by atoms with Crippen molar-refractivity contribution >= 4 is 33.4 Å². The number of oxime groups is 1. The number of rotatable bonds is 3. The number of hydrogen-bond donors (Lipinski definition) is 4. The van der Waals surface area contributed by atoms with E-state index >= 15 is 0 Å². The van der Waals surface area contributed by atoms with Crippen molar-refractivity contribution in [2.45, 2.75) is 0 Å². The highest BCUT2D eigenvalue weighted by atomic mass is 79.9. The molecule has 0 spiro atoms. The van der Waals surface area contributed by atoms with Crippen molar-refractivity contribution in [3.8, 4) is 5.75 Å². The number of carbonyl (C=O) groups excluding carboxylic acids is 1. The zero-order chi connectivity index (χ0) is 15.4. The van der Waals surface area contributed by atoms with Crippen LogP contribution in [0.4, 0.5) is 5.69 Å². The number of phenolic OH excluding ortho intramolecular Hbond substituents is 1. The van der Waals surface area contributed by atoms with E-state index in [0.717, 1.165) is 0 Å². The number of para-hydroxylation sites is 1. The molecule has 0 heterocycles. The zero-order valence-electron chi connectivity index (χ0n) is 10.7. The van der Waals surface area contributed by atoms with Crippen LogP contribution in [0.5, 0.6) is 5.75 Å². The molecule has 0 unspecified atom stereocenters. The van der Waals surface area contributed by atoms with Gasteiger partial charge in [0.2, 0.25) is 0 Å². The van der Waals surface area contributed by atoms with Crippen molar-refractivity contribution in [1.82, 2.24) is 0 Å². The molecule has 7 heteroatoms. The lowest BCUT2D eigenvalue weighted by atomic mass is 10.1. The number of phenols is 1. The van der Waals surface area contributed by atoms with Gasteiger partial charge < -0.3 is 21.4 Å². The number of benzene rings is 2. The second-order valence-corrected chi connectivity index (χ2v) is 5.06. The fourth-order valence-corrected chi connectivity index (χ4v) is 2.11. The molecule has 0 saturated heterocycles. The van der Waals surface area contributed by atoms with Gasteiger partial charge in [0.1, 0.15) is 5.75 Å². The van der Waals surface area contributed by atoms with E-state index in [1.807, 2.05) is 0 Å². The normalized spacial score (nSPS) is 11.2. The van der Waals surface area contributed by atoms with Gasteiger partial charge in [0.25, 0.3) is 5.91 Å². The van der Waals surface area contributed by atoms with Gasteiger partial charge in [-0.15, -0.1) is 0 Å². The maximum Gasteiger partial charge on any atom is 0.259 e. The van der Waals surface area contributed by atoms with E-state index in [0.29, 0.717) is 15.7 Å². The van der Waals surface area contributed by atoms with Crippen LogP contribution in [0.2, 0.25) is 0 Å². The average molecular weight is 350 g/mol. The molecular weight excluding hydrogens is 338 g/mol. The number of nitrogens with two attached hydrogens (primary N) is 1. The molecule has 2 aromatic rings. The number of halogens is 1. The molecule has 0 aromatic heterocycles. The van der Waals surface area contributed by atoms with Crippen molar-refractivity contribution in [2.75, 3.05) is 5.32 Å². The predicted octanol–water partition coefficient (Wildman–Crippen LogP) is 2.50. The lowest BCUT2D eigenvalue weighted by Crippen LogP contribution is -2.19. The number of amidine groups is 1. The van der Waals surface area contributed by atoms with Gasteiger partial charge in [-0.3, -0.25) is 4.79 Å². The van der Waals surface area contributed by atoms with Crippen molar-refractivity contribution in [1.29, 1.82) is 0 Å². The van der Waals surface area contributed by atoms with Crippen molar-refractivity contribution in [2.24, 2.45) is 10.9 Å². The first-order valence-electron chi connectivity index (χ1n) is 5.89. The van der Waals surface area contributed by atoms with Crippen LogP contribution in [0.25, 0.3) is 0 Å². The van der Waals surface area contributed by atoms with Gasteiger partial charge in [-0.1, -0.05) is 33.2 Å². The maximum absolute atomic E-state index is 12.2. The number of nitrogens with zero attached hydrogens (tertiary/aromatic N) is 1. The zero-order valence-corrected chi connectivity index (χ0v) is 12.3. The Hall–Kier alpha value is -2.54. The highest BCUT2D eigenvalue weighted by Crippen LogP contribution is 2.23. The van der Waals surface area contributed by atoms with Gasteiger partial charge in [0.15, 0.2) is 5.84 Å². The molecule has 0 radical (unpaired) electrons. The van der Waals surface area contributed by atoms with Crippen LogP contribution >= 0.6 is 15.9 Å². The standard InChI is InChI=1S/C14H12BrN3O3/c15-8-5-6-9(13(16)18-21)11(7-8)17-14(20)10-3-1-2-4-12(10)19/h1-7,19,21H,(H2,16,18)(H,17,20). The van der Waals surface area contributed by atoms with E-state index in [2.05, 4.69) is 26.4 Å². The maximum atomic E-state index is 12.2. The summed E-state index contributed by atoms with van der Waals surface area (Å²) in [5, 5.41) is 24.0. The Morgan fingerprint density at radius 2 is 1.90 bits per heavy atom. The number of carbonyl (C=O) groups is 1. The quantitative estimate of drug-likeness (QED) is 0.295. The number of hydrogen-bond acceptors (Lipinski definition) is 4. The summed E-state index contributed by atoms with van der Waals surface area (Å²) >= 11 is 3.28. The molecule has 108 valence electrons. The van der Waals surface area contributed by atoms with Crippen molar-refractivity contribution < 1.29 is 15.1 Å². The van der Waals surface area contributed by atoms with Crippen LogP contribution in [0.1, 0.15) is 15.9 Å². The molecule has 2 aromatic carbocycles. The third-order valence-corrected chi connectivity index (χ3v) is 3.26. The molecule has 0 atom stereocenters. The fraction of sp³-hybridized carbons (Fsp3) is 0. The first-order valence-corrected chi connectivity index (χ1v) is 6.69. The summed E-state index contributed by atoms with van der Waals surface area (Å²) in [5.41, 5.74) is 6.42. The van der Waals surface area contributed by atoms with E-state index in [1.165, 1.54) is 12.1 Å². The summed E-state index contributed by atoms with van der Waals surface area (Å²) in [7, 11) is 0. The van der Waals surface area contributed by atoms with Gasteiger partial charge >= 0.3 is 0 Å². The van der Waals surface area contributed by atoms with Gasteiger partial charge in [0, 0.05) is 10.0 Å². The molecule has 1 amide bonds. The molecule has 6 nitrogen and oxygen atoms in total. The monoisotopic (exact) mass is 349 g/mol. The van der Waals surface area contributed by atoms with E-state index < -0.39 is 5.91 Å². The van der Waals surface area contributed by atoms with E-state index in [4.69, 9.17) is 10.9 Å². The van der Waals surface area contributed by atoms with Crippen LogP contribution in [-0.2, 0) is 0 Å². The Bertz CT molecular complexity index is 716. The minimum atomic E-state index is -0.502. The summed E-state index contributed by atoms with van der Waals surface area (Å²) in [6.07, 6.45) is 0. The van der Waals surface area contributed by atoms with Crippen LogP contribution < -0.4 is 11.1 Å². The van der Waals surface area contributed by atoms with Crippen LogP contribution in [0.15, 0.2) is 52.1 Å².